The average molecular weight is 294 g/mol. The second kappa shape index (κ2) is 9.28. The molecule has 108 valence electrons. The summed E-state index contributed by atoms with van der Waals surface area (Å²) >= 11 is 5.06. The van der Waals surface area contributed by atoms with Gasteiger partial charge in [0.05, 0.1) is 0 Å². The molecule has 2 aromatic rings. The highest BCUT2D eigenvalue weighted by molar-refractivity contribution is 6.18. The van der Waals surface area contributed by atoms with E-state index in [1.165, 1.54) is 0 Å². The summed E-state index contributed by atoms with van der Waals surface area (Å²) in [6.45, 7) is 2.67. The van der Waals surface area contributed by atoms with Crippen molar-refractivity contribution in [3.63, 3.8) is 0 Å². The number of carbonyl (C=O) groups is 1. The number of nitrogens with two attached hydrogens (primary N) is 1. The monoisotopic (exact) mass is 293 g/mol. The number of alkyl halides is 1. The lowest BCUT2D eigenvalue weighted by Gasteiger charge is -2.05. The van der Waals surface area contributed by atoms with Gasteiger partial charge in [0.2, 0.25) is 0 Å². The molecule has 0 saturated heterocycles. The maximum atomic E-state index is 12.1. The minimum absolute atomic E-state index is 0.0125. The molecule has 0 aliphatic heterocycles. The van der Waals surface area contributed by atoms with Crippen molar-refractivity contribution >= 4 is 17.5 Å². The van der Waals surface area contributed by atoms with Gasteiger partial charge in [0.15, 0.2) is 0 Å². The molecular weight excluding hydrogens is 274 g/mol. The summed E-state index contributed by atoms with van der Waals surface area (Å²) in [5.74, 6) is 0.557. The van der Waals surface area contributed by atoms with Gasteiger partial charge in [-0.05, 0) is 18.6 Å². The minimum atomic E-state index is -0.0125. The van der Waals surface area contributed by atoms with Crippen LogP contribution in [0.4, 0.5) is 0 Å². The van der Waals surface area contributed by atoms with Gasteiger partial charge in [-0.15, -0.1) is 11.6 Å². The Morgan fingerprint density at radius 2 is 2.00 bits per heavy atom. The van der Waals surface area contributed by atoms with Crippen LogP contribution in [-0.2, 0) is 6.42 Å². The van der Waals surface area contributed by atoms with Crippen molar-refractivity contribution in [3.05, 3.63) is 54.1 Å². The zero-order valence-electron chi connectivity index (χ0n) is 11.6. The van der Waals surface area contributed by atoms with Crippen molar-refractivity contribution in [2.24, 2.45) is 5.73 Å². The van der Waals surface area contributed by atoms with E-state index in [9.17, 15) is 4.79 Å². The van der Waals surface area contributed by atoms with Crippen LogP contribution in [0.15, 0.2) is 42.9 Å². The van der Waals surface area contributed by atoms with Crippen LogP contribution in [0, 0.1) is 0 Å². The number of imidazole rings is 1. The Kier molecular flexibility index (Phi) is 7.62. The van der Waals surface area contributed by atoms with Gasteiger partial charge in [-0.1, -0.05) is 31.5 Å². The van der Waals surface area contributed by atoms with Crippen LogP contribution in [0.5, 0.6) is 0 Å². The zero-order chi connectivity index (χ0) is 14.8. The third-order valence-corrected chi connectivity index (χ3v) is 2.79. The van der Waals surface area contributed by atoms with E-state index in [4.69, 9.17) is 17.3 Å². The molecule has 2 rings (SSSR count). The van der Waals surface area contributed by atoms with Crippen LogP contribution >= 0.6 is 11.6 Å². The predicted molar refractivity (Wildman–Crippen MR) is 82.2 cm³/mol. The van der Waals surface area contributed by atoms with Crippen molar-refractivity contribution in [1.29, 1.82) is 0 Å². The summed E-state index contributed by atoms with van der Waals surface area (Å²) in [5.41, 5.74) is 6.56. The van der Waals surface area contributed by atoms with E-state index in [2.05, 4.69) is 11.9 Å². The molecule has 0 bridgehead atoms. The second-order valence-electron chi connectivity index (χ2n) is 4.15. The van der Waals surface area contributed by atoms with E-state index in [0.29, 0.717) is 18.0 Å². The third-order valence-electron chi connectivity index (χ3n) is 2.57. The number of benzene rings is 1. The Labute approximate surface area is 124 Å². The van der Waals surface area contributed by atoms with Gasteiger partial charge in [0, 0.05) is 29.9 Å². The molecule has 1 heterocycles. The maximum Gasteiger partial charge on any atom is 0.263 e. The fourth-order valence-electron chi connectivity index (χ4n) is 1.67. The molecule has 0 aliphatic rings. The molecular formula is C15H20ClN3O. The van der Waals surface area contributed by atoms with E-state index in [0.717, 1.165) is 18.5 Å². The van der Waals surface area contributed by atoms with Gasteiger partial charge in [-0.25, -0.2) is 4.98 Å². The molecule has 20 heavy (non-hydrogen) atoms. The lowest BCUT2D eigenvalue weighted by Crippen LogP contribution is -2.13. The minimum Gasteiger partial charge on any atom is -0.329 e. The fourth-order valence-corrected chi connectivity index (χ4v) is 1.67. The Bertz CT molecular complexity index is 509. The second-order valence-corrected chi connectivity index (χ2v) is 4.53. The SMILES string of the molecule is CCCc1cncn1C(=O)c1ccccc1.NCCCl. The van der Waals surface area contributed by atoms with E-state index in [-0.39, 0.29) is 5.91 Å². The van der Waals surface area contributed by atoms with E-state index < -0.39 is 0 Å². The topological polar surface area (TPSA) is 60.9 Å². The quantitative estimate of drug-likeness (QED) is 0.882. The Morgan fingerprint density at radius 1 is 1.35 bits per heavy atom. The average Bonchev–Trinajstić information content (AvgIpc) is 2.96. The van der Waals surface area contributed by atoms with Gasteiger partial charge in [-0.3, -0.25) is 9.36 Å². The lowest BCUT2D eigenvalue weighted by molar-refractivity contribution is 0.0957. The van der Waals surface area contributed by atoms with Crippen LogP contribution < -0.4 is 5.73 Å². The number of hydrogen-bond donors (Lipinski definition) is 1. The molecule has 0 amide bonds. The standard InChI is InChI=1S/C13H14N2O.C2H6ClN/c1-2-6-12-9-14-10-15(12)13(16)11-7-4-3-5-8-11;3-1-2-4/h3-5,7-10H,2,6H2,1H3;1-2,4H2. The Balaban J connectivity index is 0.000000444. The van der Waals surface area contributed by atoms with Crippen LogP contribution in [0.1, 0.15) is 29.4 Å². The van der Waals surface area contributed by atoms with Gasteiger partial charge < -0.3 is 5.73 Å². The predicted octanol–water partition coefficient (Wildman–Crippen LogP) is 2.71. The normalized spacial score (nSPS) is 9.75. The molecule has 0 fully saturated rings. The Morgan fingerprint density at radius 3 is 2.55 bits per heavy atom. The number of rotatable bonds is 4. The molecule has 0 radical (unpaired) electrons. The highest BCUT2D eigenvalue weighted by Gasteiger charge is 2.11. The lowest BCUT2D eigenvalue weighted by atomic mass is 10.2. The maximum absolute atomic E-state index is 12.1. The van der Waals surface area contributed by atoms with Gasteiger partial charge in [0.25, 0.3) is 5.91 Å². The van der Waals surface area contributed by atoms with E-state index in [1.807, 2.05) is 30.3 Å². The fraction of sp³-hybridized carbons (Fsp3) is 0.333. The molecule has 2 N–H and O–H groups in total. The van der Waals surface area contributed by atoms with Crippen LogP contribution in [0.3, 0.4) is 0 Å². The van der Waals surface area contributed by atoms with Crippen molar-refractivity contribution in [2.45, 2.75) is 19.8 Å². The molecule has 0 saturated carbocycles. The van der Waals surface area contributed by atoms with Crippen molar-refractivity contribution < 1.29 is 4.79 Å². The summed E-state index contributed by atoms with van der Waals surface area (Å²) in [6.07, 6.45) is 5.22. The summed E-state index contributed by atoms with van der Waals surface area (Å²) in [4.78, 5) is 16.2. The van der Waals surface area contributed by atoms with E-state index >= 15 is 0 Å². The van der Waals surface area contributed by atoms with Gasteiger partial charge in [-0.2, -0.15) is 0 Å². The molecule has 0 spiro atoms. The zero-order valence-corrected chi connectivity index (χ0v) is 12.4. The molecule has 1 aromatic heterocycles. The van der Waals surface area contributed by atoms with Crippen molar-refractivity contribution in [2.75, 3.05) is 12.4 Å². The van der Waals surface area contributed by atoms with Crippen molar-refractivity contribution in [3.8, 4) is 0 Å². The van der Waals surface area contributed by atoms with Gasteiger partial charge in [0.1, 0.15) is 6.33 Å². The molecule has 0 unspecified atom stereocenters. The molecule has 4 nitrogen and oxygen atoms in total. The molecule has 0 atom stereocenters. The first kappa shape index (κ1) is 16.4. The highest BCUT2D eigenvalue weighted by atomic mass is 35.5. The van der Waals surface area contributed by atoms with Crippen LogP contribution in [0.2, 0.25) is 0 Å². The summed E-state index contributed by atoms with van der Waals surface area (Å²) in [7, 11) is 0. The molecule has 5 heteroatoms. The summed E-state index contributed by atoms with van der Waals surface area (Å²) < 4.78 is 1.62. The number of aromatic nitrogens is 2. The number of aryl methyl sites for hydroxylation is 1. The summed E-state index contributed by atoms with van der Waals surface area (Å²) in [5, 5.41) is 0. The number of nitrogens with zero attached hydrogens (tertiary/aromatic N) is 2. The largest absolute Gasteiger partial charge is 0.329 e. The Hall–Kier alpha value is -1.65. The third kappa shape index (κ3) is 4.79. The van der Waals surface area contributed by atoms with Crippen LogP contribution in [0.25, 0.3) is 0 Å². The number of carbonyl (C=O) groups excluding carboxylic acids is 1. The summed E-state index contributed by atoms with van der Waals surface area (Å²) in [6, 6.07) is 9.26. The first-order valence-electron chi connectivity index (χ1n) is 6.61. The smallest absolute Gasteiger partial charge is 0.263 e. The van der Waals surface area contributed by atoms with Crippen molar-refractivity contribution in [1.82, 2.24) is 9.55 Å². The first-order valence-corrected chi connectivity index (χ1v) is 7.15. The highest BCUT2D eigenvalue weighted by Crippen LogP contribution is 2.08. The molecule has 0 aliphatic carbocycles. The number of halogens is 1. The number of hydrogen-bond acceptors (Lipinski definition) is 3. The van der Waals surface area contributed by atoms with E-state index in [1.54, 1.807) is 17.1 Å². The van der Waals surface area contributed by atoms with Gasteiger partial charge >= 0.3 is 0 Å². The van der Waals surface area contributed by atoms with Crippen LogP contribution in [-0.4, -0.2) is 27.9 Å². The first-order chi connectivity index (χ1) is 9.74. The molecule has 1 aromatic carbocycles.